The van der Waals surface area contributed by atoms with Crippen molar-refractivity contribution in [1.82, 2.24) is 29.5 Å². The zero-order valence-electron chi connectivity index (χ0n) is 14.7. The predicted molar refractivity (Wildman–Crippen MR) is 105 cm³/mol. The average molecular weight is 366 g/mol. The summed E-state index contributed by atoms with van der Waals surface area (Å²) in [5.74, 6) is 0. The van der Waals surface area contributed by atoms with Gasteiger partial charge in [0.2, 0.25) is 5.43 Å². The minimum atomic E-state index is -0.172. The molecule has 0 aliphatic carbocycles. The van der Waals surface area contributed by atoms with Crippen LogP contribution in [0.5, 0.6) is 0 Å². The second-order valence-corrected chi connectivity index (χ2v) is 6.19. The van der Waals surface area contributed by atoms with Gasteiger partial charge < -0.3 is 0 Å². The van der Waals surface area contributed by atoms with Crippen molar-refractivity contribution in [3.05, 3.63) is 95.8 Å². The Bertz CT molecular complexity index is 1340. The first-order valence-corrected chi connectivity index (χ1v) is 8.69. The molecule has 0 bridgehead atoms. The maximum absolute atomic E-state index is 12.6. The van der Waals surface area contributed by atoms with Crippen LogP contribution in [0.4, 0.5) is 0 Å². The monoisotopic (exact) mass is 366 g/mol. The normalized spacial score (nSPS) is 11.0. The summed E-state index contributed by atoms with van der Waals surface area (Å²) in [6, 6.07) is 16.7. The van der Waals surface area contributed by atoms with E-state index in [1.165, 1.54) is 6.07 Å². The van der Waals surface area contributed by atoms with Crippen LogP contribution >= 0.6 is 0 Å². The predicted octanol–water partition coefficient (Wildman–Crippen LogP) is 3.03. The van der Waals surface area contributed by atoms with Gasteiger partial charge in [0.1, 0.15) is 0 Å². The standard InChI is InChI=1S/C21H14N6O/c28-20-8-13-26(16-5-10-22-11-6-16)25-21(20)19-7-12-24-27(19)17-3-4-18-15(14-17)2-1-9-23-18/h1-14H. The summed E-state index contributed by atoms with van der Waals surface area (Å²) in [6.45, 7) is 0. The van der Waals surface area contributed by atoms with Crippen molar-refractivity contribution in [2.24, 2.45) is 0 Å². The second-order valence-electron chi connectivity index (χ2n) is 6.19. The summed E-state index contributed by atoms with van der Waals surface area (Å²) in [6.07, 6.45) is 8.43. The van der Waals surface area contributed by atoms with E-state index in [9.17, 15) is 4.79 Å². The first-order chi connectivity index (χ1) is 13.8. The molecule has 7 heteroatoms. The zero-order valence-corrected chi connectivity index (χ0v) is 14.7. The Morgan fingerprint density at radius 2 is 1.71 bits per heavy atom. The lowest BCUT2D eigenvalue weighted by atomic mass is 10.2. The molecule has 7 nitrogen and oxygen atoms in total. The maximum atomic E-state index is 12.6. The molecule has 0 saturated carbocycles. The lowest BCUT2D eigenvalue weighted by Crippen LogP contribution is -2.14. The molecule has 5 rings (SSSR count). The van der Waals surface area contributed by atoms with Crippen molar-refractivity contribution in [2.75, 3.05) is 0 Å². The Balaban J connectivity index is 1.66. The quantitative estimate of drug-likeness (QED) is 0.490. The highest BCUT2D eigenvalue weighted by Gasteiger charge is 2.14. The van der Waals surface area contributed by atoms with Crippen molar-refractivity contribution in [2.45, 2.75) is 0 Å². The van der Waals surface area contributed by atoms with Crippen LogP contribution < -0.4 is 5.43 Å². The first kappa shape index (κ1) is 16.1. The third-order valence-electron chi connectivity index (χ3n) is 4.45. The van der Waals surface area contributed by atoms with E-state index >= 15 is 0 Å². The number of benzene rings is 1. The van der Waals surface area contributed by atoms with Gasteiger partial charge in [-0.1, -0.05) is 6.07 Å². The molecule has 0 N–H and O–H groups in total. The average Bonchev–Trinajstić information content (AvgIpc) is 3.24. The van der Waals surface area contributed by atoms with Crippen LogP contribution in [0.15, 0.2) is 90.4 Å². The Morgan fingerprint density at radius 3 is 2.61 bits per heavy atom. The highest BCUT2D eigenvalue weighted by atomic mass is 16.1. The van der Waals surface area contributed by atoms with Crippen LogP contribution in [0.3, 0.4) is 0 Å². The van der Waals surface area contributed by atoms with Gasteiger partial charge in [-0.05, 0) is 42.5 Å². The number of fused-ring (bicyclic) bond motifs is 1. The van der Waals surface area contributed by atoms with E-state index in [0.717, 1.165) is 22.3 Å². The minimum absolute atomic E-state index is 0.172. The number of pyridine rings is 2. The number of nitrogens with zero attached hydrogens (tertiary/aromatic N) is 6. The lowest BCUT2D eigenvalue weighted by molar-refractivity contribution is 0.822. The minimum Gasteiger partial charge on any atom is -0.287 e. The lowest BCUT2D eigenvalue weighted by Gasteiger charge is -2.10. The SMILES string of the molecule is O=c1ccn(-c2ccncc2)nc1-c1ccnn1-c1ccc2ncccc2c1. The zero-order chi connectivity index (χ0) is 18.9. The fourth-order valence-corrected chi connectivity index (χ4v) is 3.11. The Labute approximate surface area is 159 Å². The molecule has 0 aliphatic heterocycles. The highest BCUT2D eigenvalue weighted by molar-refractivity contribution is 5.80. The van der Waals surface area contributed by atoms with E-state index in [2.05, 4.69) is 20.2 Å². The summed E-state index contributed by atoms with van der Waals surface area (Å²) < 4.78 is 3.37. The molecule has 1 aromatic carbocycles. The molecule has 0 saturated heterocycles. The van der Waals surface area contributed by atoms with Crippen LogP contribution in [-0.4, -0.2) is 29.5 Å². The molecule has 4 aromatic heterocycles. The fraction of sp³-hybridized carbons (Fsp3) is 0. The van der Waals surface area contributed by atoms with Crippen molar-refractivity contribution >= 4 is 10.9 Å². The van der Waals surface area contributed by atoms with Gasteiger partial charge in [-0.15, -0.1) is 0 Å². The summed E-state index contributed by atoms with van der Waals surface area (Å²) in [5, 5.41) is 9.94. The maximum Gasteiger partial charge on any atom is 0.209 e. The summed E-state index contributed by atoms with van der Waals surface area (Å²) in [7, 11) is 0. The van der Waals surface area contributed by atoms with Gasteiger partial charge in [0.25, 0.3) is 0 Å². The van der Waals surface area contributed by atoms with Crippen LogP contribution in [0.1, 0.15) is 0 Å². The van der Waals surface area contributed by atoms with Crippen LogP contribution in [0.25, 0.3) is 33.7 Å². The molecule has 5 aromatic rings. The summed E-state index contributed by atoms with van der Waals surface area (Å²) >= 11 is 0. The molecule has 4 heterocycles. The molecule has 0 aliphatic rings. The topological polar surface area (TPSA) is 78.5 Å². The van der Waals surface area contributed by atoms with Gasteiger partial charge in [-0.2, -0.15) is 10.2 Å². The highest BCUT2D eigenvalue weighted by Crippen LogP contribution is 2.21. The number of aromatic nitrogens is 6. The molecule has 0 spiro atoms. The third kappa shape index (κ3) is 2.75. The van der Waals surface area contributed by atoms with E-state index in [0.29, 0.717) is 11.4 Å². The van der Waals surface area contributed by atoms with Crippen LogP contribution in [0.2, 0.25) is 0 Å². The Hall–Kier alpha value is -4.13. The van der Waals surface area contributed by atoms with E-state index in [4.69, 9.17) is 0 Å². The van der Waals surface area contributed by atoms with Gasteiger partial charge >= 0.3 is 0 Å². The van der Waals surface area contributed by atoms with Crippen molar-refractivity contribution in [3.8, 4) is 22.8 Å². The largest absolute Gasteiger partial charge is 0.287 e. The molecule has 134 valence electrons. The van der Waals surface area contributed by atoms with E-state index < -0.39 is 0 Å². The molecule has 28 heavy (non-hydrogen) atoms. The summed E-state index contributed by atoms with van der Waals surface area (Å²) in [5.41, 5.74) is 3.33. The number of rotatable bonds is 3. The smallest absolute Gasteiger partial charge is 0.209 e. The molecule has 0 unspecified atom stereocenters. The molecule has 0 fully saturated rings. The molecule has 0 amide bonds. The molecule has 0 atom stereocenters. The Morgan fingerprint density at radius 1 is 0.821 bits per heavy atom. The van der Waals surface area contributed by atoms with Crippen LogP contribution in [-0.2, 0) is 0 Å². The number of hydrogen-bond acceptors (Lipinski definition) is 5. The van der Waals surface area contributed by atoms with Crippen molar-refractivity contribution in [3.63, 3.8) is 0 Å². The molecular formula is C21H14N6O. The second kappa shape index (κ2) is 6.55. The van der Waals surface area contributed by atoms with Crippen molar-refractivity contribution < 1.29 is 0 Å². The van der Waals surface area contributed by atoms with Gasteiger partial charge in [-0.3, -0.25) is 14.8 Å². The van der Waals surface area contributed by atoms with Gasteiger partial charge in [-0.25, -0.2) is 9.36 Å². The van der Waals surface area contributed by atoms with E-state index in [1.807, 2.05) is 42.5 Å². The summed E-state index contributed by atoms with van der Waals surface area (Å²) in [4.78, 5) is 20.9. The van der Waals surface area contributed by atoms with E-state index in [-0.39, 0.29) is 5.43 Å². The van der Waals surface area contributed by atoms with Gasteiger partial charge in [0, 0.05) is 36.2 Å². The van der Waals surface area contributed by atoms with Crippen LogP contribution in [0, 0.1) is 0 Å². The molecule has 0 radical (unpaired) electrons. The third-order valence-corrected chi connectivity index (χ3v) is 4.45. The van der Waals surface area contributed by atoms with Crippen molar-refractivity contribution in [1.29, 1.82) is 0 Å². The van der Waals surface area contributed by atoms with E-state index in [1.54, 1.807) is 46.4 Å². The molecular weight excluding hydrogens is 352 g/mol. The number of hydrogen-bond donors (Lipinski definition) is 0. The van der Waals surface area contributed by atoms with Gasteiger partial charge in [0.05, 0.1) is 28.8 Å². The first-order valence-electron chi connectivity index (χ1n) is 8.69. The Kier molecular flexibility index (Phi) is 3.76. The fourth-order valence-electron chi connectivity index (χ4n) is 3.11. The van der Waals surface area contributed by atoms with Gasteiger partial charge in [0.15, 0.2) is 5.69 Å².